The lowest BCUT2D eigenvalue weighted by Crippen LogP contribution is -2.59. The summed E-state index contributed by atoms with van der Waals surface area (Å²) >= 11 is 0. The van der Waals surface area contributed by atoms with Gasteiger partial charge in [-0.2, -0.15) is 0 Å². The van der Waals surface area contributed by atoms with E-state index in [1.54, 1.807) is 0 Å². The highest BCUT2D eigenvalue weighted by atomic mass is 16.5. The van der Waals surface area contributed by atoms with Crippen LogP contribution in [-0.4, -0.2) is 65.2 Å². The number of amides is 1. The van der Waals surface area contributed by atoms with Crippen LogP contribution in [0.3, 0.4) is 0 Å². The van der Waals surface area contributed by atoms with Crippen LogP contribution in [0.1, 0.15) is 44.1 Å². The van der Waals surface area contributed by atoms with Crippen LogP contribution >= 0.6 is 0 Å². The number of hydrogen-bond acceptors (Lipinski definition) is 4. The van der Waals surface area contributed by atoms with Gasteiger partial charge in [-0.15, -0.1) is 0 Å². The molecule has 3 fully saturated rings. The zero-order valence-corrected chi connectivity index (χ0v) is 16.4. The van der Waals surface area contributed by atoms with Gasteiger partial charge in [-0.1, -0.05) is 18.2 Å². The zero-order chi connectivity index (χ0) is 18.9. The van der Waals surface area contributed by atoms with E-state index in [9.17, 15) is 9.90 Å². The van der Waals surface area contributed by atoms with E-state index in [1.807, 2.05) is 23.1 Å². The molecule has 1 N–H and O–H groups in total. The first-order valence-corrected chi connectivity index (χ1v) is 10.5. The monoisotopic (exact) mass is 372 g/mol. The van der Waals surface area contributed by atoms with E-state index >= 15 is 0 Å². The Bertz CT molecular complexity index is 667. The second kappa shape index (κ2) is 7.80. The number of aryl methyl sites for hydroxylation is 1. The smallest absolute Gasteiger partial charge is 0.255 e. The maximum absolute atomic E-state index is 12.9. The molecule has 0 bridgehead atoms. The largest absolute Gasteiger partial charge is 0.490 e. The van der Waals surface area contributed by atoms with E-state index in [4.69, 9.17) is 4.74 Å². The topological polar surface area (TPSA) is 53.0 Å². The Morgan fingerprint density at radius 1 is 1.15 bits per heavy atom. The highest BCUT2D eigenvalue weighted by Crippen LogP contribution is 2.33. The van der Waals surface area contributed by atoms with Crippen molar-refractivity contribution in [1.82, 2.24) is 9.80 Å². The summed E-state index contributed by atoms with van der Waals surface area (Å²) in [6, 6.07) is 8.13. The van der Waals surface area contributed by atoms with Crippen molar-refractivity contribution in [2.45, 2.75) is 57.2 Å². The number of likely N-dealkylation sites (tertiary alicyclic amines) is 2. The lowest BCUT2D eigenvalue weighted by atomic mass is 9.90. The van der Waals surface area contributed by atoms with Crippen molar-refractivity contribution in [3.05, 3.63) is 29.8 Å². The number of ether oxygens (including phenoxy) is 1. The van der Waals surface area contributed by atoms with Gasteiger partial charge in [0, 0.05) is 32.7 Å². The number of carbonyl (C=O) groups excluding carboxylic acids is 1. The molecule has 4 rings (SSSR count). The van der Waals surface area contributed by atoms with Gasteiger partial charge in [-0.05, 0) is 63.0 Å². The van der Waals surface area contributed by atoms with Gasteiger partial charge in [-0.3, -0.25) is 9.69 Å². The first-order valence-electron chi connectivity index (χ1n) is 10.5. The molecule has 5 heteroatoms. The molecule has 1 aliphatic carbocycles. The third-order valence-corrected chi connectivity index (χ3v) is 6.29. The van der Waals surface area contributed by atoms with Crippen molar-refractivity contribution in [1.29, 1.82) is 0 Å². The summed E-state index contributed by atoms with van der Waals surface area (Å²) in [5.41, 5.74) is -0.0329. The predicted molar refractivity (Wildman–Crippen MR) is 105 cm³/mol. The Kier molecular flexibility index (Phi) is 5.42. The number of para-hydroxylation sites is 1. The summed E-state index contributed by atoms with van der Waals surface area (Å²) in [6.45, 7) is 5.92. The lowest BCUT2D eigenvalue weighted by molar-refractivity contribution is -0.160. The number of aliphatic hydroxyl groups is 1. The summed E-state index contributed by atoms with van der Waals surface area (Å²) in [5.74, 6) is 1.59. The number of carbonyl (C=O) groups is 1. The lowest BCUT2D eigenvalue weighted by Gasteiger charge is -2.42. The maximum Gasteiger partial charge on any atom is 0.255 e. The number of piperidine rings is 2. The third-order valence-electron chi connectivity index (χ3n) is 6.29. The second-order valence-corrected chi connectivity index (χ2v) is 8.69. The van der Waals surface area contributed by atoms with E-state index in [0.29, 0.717) is 18.9 Å². The molecular weight excluding hydrogens is 340 g/mol. The number of benzene rings is 1. The first-order chi connectivity index (χ1) is 13.0. The van der Waals surface area contributed by atoms with E-state index in [2.05, 4.69) is 17.9 Å². The fraction of sp³-hybridized carbons (Fsp3) is 0.682. The van der Waals surface area contributed by atoms with E-state index in [0.717, 1.165) is 56.8 Å². The van der Waals surface area contributed by atoms with Crippen LogP contribution in [0.25, 0.3) is 0 Å². The van der Waals surface area contributed by atoms with Crippen molar-refractivity contribution in [3.63, 3.8) is 0 Å². The van der Waals surface area contributed by atoms with Crippen molar-refractivity contribution >= 4 is 5.91 Å². The Morgan fingerprint density at radius 3 is 2.59 bits per heavy atom. The van der Waals surface area contributed by atoms with Gasteiger partial charge in [0.2, 0.25) is 0 Å². The molecule has 0 radical (unpaired) electrons. The predicted octanol–water partition coefficient (Wildman–Crippen LogP) is 2.60. The molecule has 1 aromatic rings. The fourth-order valence-corrected chi connectivity index (χ4v) is 4.42. The van der Waals surface area contributed by atoms with Gasteiger partial charge in [-0.25, -0.2) is 0 Å². The van der Waals surface area contributed by atoms with Gasteiger partial charge >= 0.3 is 0 Å². The van der Waals surface area contributed by atoms with Gasteiger partial charge in [0.15, 0.2) is 5.60 Å². The van der Waals surface area contributed by atoms with E-state index in [1.165, 1.54) is 12.8 Å². The van der Waals surface area contributed by atoms with Gasteiger partial charge in [0.25, 0.3) is 5.91 Å². The number of hydrogen-bond donors (Lipinski definition) is 1. The van der Waals surface area contributed by atoms with Crippen LogP contribution in [0.5, 0.6) is 5.75 Å². The highest BCUT2D eigenvalue weighted by molar-refractivity contribution is 5.86. The molecule has 0 unspecified atom stereocenters. The minimum atomic E-state index is -1.20. The zero-order valence-electron chi connectivity index (χ0n) is 16.4. The first kappa shape index (κ1) is 18.8. The molecular formula is C22H32N2O3. The van der Waals surface area contributed by atoms with Crippen LogP contribution in [0.2, 0.25) is 0 Å². The van der Waals surface area contributed by atoms with Crippen LogP contribution in [-0.2, 0) is 4.79 Å². The number of β-amino-alcohol motifs (C(OH)–C–C–N with tert-alkyl or cyclic N) is 1. The van der Waals surface area contributed by atoms with Crippen molar-refractivity contribution in [3.8, 4) is 5.75 Å². The Morgan fingerprint density at radius 2 is 1.89 bits per heavy atom. The fourth-order valence-electron chi connectivity index (χ4n) is 4.42. The van der Waals surface area contributed by atoms with Gasteiger partial charge < -0.3 is 14.7 Å². The molecule has 0 aromatic heterocycles. The average molecular weight is 373 g/mol. The normalized spacial score (nSPS) is 27.8. The maximum atomic E-state index is 12.9. The highest BCUT2D eigenvalue weighted by Gasteiger charge is 2.44. The van der Waals surface area contributed by atoms with Crippen LogP contribution in [0.15, 0.2) is 24.3 Å². The summed E-state index contributed by atoms with van der Waals surface area (Å²) < 4.78 is 6.17. The van der Waals surface area contributed by atoms with E-state index < -0.39 is 5.60 Å². The molecule has 1 amide bonds. The summed E-state index contributed by atoms with van der Waals surface area (Å²) in [4.78, 5) is 17.0. The number of nitrogens with zero attached hydrogens (tertiary/aromatic N) is 2. The number of rotatable bonds is 6. The van der Waals surface area contributed by atoms with Crippen molar-refractivity contribution < 1.29 is 14.6 Å². The molecule has 1 atom stereocenters. The molecule has 0 spiro atoms. The van der Waals surface area contributed by atoms with Crippen molar-refractivity contribution in [2.75, 3.05) is 32.7 Å². The summed E-state index contributed by atoms with van der Waals surface area (Å²) in [7, 11) is 0. The van der Waals surface area contributed by atoms with Crippen LogP contribution in [0.4, 0.5) is 0 Å². The molecule has 2 heterocycles. The summed E-state index contributed by atoms with van der Waals surface area (Å²) in [5, 5.41) is 11.1. The minimum Gasteiger partial charge on any atom is -0.490 e. The van der Waals surface area contributed by atoms with Gasteiger partial charge in [0.1, 0.15) is 11.9 Å². The molecule has 148 valence electrons. The third kappa shape index (κ3) is 4.46. The molecule has 2 saturated heterocycles. The minimum absolute atomic E-state index is 0.0427. The SMILES string of the molecule is Cc1ccccc1OC1CCN(C[C@]2(O)CCCN(CC3CC3)C2=O)CC1. The van der Waals surface area contributed by atoms with Crippen LogP contribution < -0.4 is 4.74 Å². The van der Waals surface area contributed by atoms with E-state index in [-0.39, 0.29) is 12.0 Å². The molecule has 1 saturated carbocycles. The molecule has 3 aliphatic rings. The van der Waals surface area contributed by atoms with Gasteiger partial charge in [0.05, 0.1) is 0 Å². The Labute approximate surface area is 162 Å². The van der Waals surface area contributed by atoms with Crippen molar-refractivity contribution in [2.24, 2.45) is 5.92 Å². The Hall–Kier alpha value is -1.59. The summed E-state index contributed by atoms with van der Waals surface area (Å²) in [6.07, 6.45) is 6.04. The second-order valence-electron chi connectivity index (χ2n) is 8.69. The van der Waals surface area contributed by atoms with Crippen LogP contribution in [0, 0.1) is 12.8 Å². The molecule has 2 aliphatic heterocycles. The Balaban J connectivity index is 1.29. The quantitative estimate of drug-likeness (QED) is 0.834. The molecule has 5 nitrogen and oxygen atoms in total. The standard InChI is InChI=1S/C22H32N2O3/c1-17-5-2-3-6-20(17)27-19-9-13-23(14-10-19)16-22(26)11-4-12-24(21(22)25)15-18-7-8-18/h2-3,5-6,18-19,26H,4,7-16H2,1H3/t22-/m1/s1. The molecule has 1 aromatic carbocycles. The molecule has 27 heavy (non-hydrogen) atoms. The average Bonchev–Trinajstić information content (AvgIpc) is 3.47.